The normalized spacial score (nSPS) is 14.4. The van der Waals surface area contributed by atoms with E-state index in [1.54, 1.807) is 47.6 Å². The molecule has 3 rings (SSSR count). The van der Waals surface area contributed by atoms with Crippen molar-refractivity contribution >= 4 is 12.1 Å². The third-order valence-corrected chi connectivity index (χ3v) is 5.72. The summed E-state index contributed by atoms with van der Waals surface area (Å²) in [5.41, 5.74) is 0.630. The summed E-state index contributed by atoms with van der Waals surface area (Å²) in [7, 11) is 0. The molecule has 2 aromatic carbocycles. The standard InChI is InChI=1S/C27H33F2NO5/c1-7-34-21(32)13-19(30-26(33)35-27(4,5)6)23-24(28)17(16-8-9-16)12-18(25(23)29)22-15(3)10-14(2)11-20(22)31/h10-12,16,19,31H,7-9,13H2,1-6H3,(H,30,33)/t19-/m0/s1. The number of phenols is 1. The first kappa shape index (κ1) is 26.4. The van der Waals surface area contributed by atoms with Crippen molar-refractivity contribution in [1.29, 1.82) is 0 Å². The molecule has 1 saturated carbocycles. The number of carbonyl (C=O) groups excluding carboxylic acids is 2. The van der Waals surface area contributed by atoms with Gasteiger partial charge in [-0.3, -0.25) is 4.79 Å². The van der Waals surface area contributed by atoms with Crippen LogP contribution in [-0.2, 0) is 14.3 Å². The lowest BCUT2D eigenvalue weighted by molar-refractivity contribution is -0.143. The summed E-state index contributed by atoms with van der Waals surface area (Å²) in [6.45, 7) is 10.2. The highest BCUT2D eigenvalue weighted by Gasteiger charge is 2.35. The summed E-state index contributed by atoms with van der Waals surface area (Å²) < 4.78 is 42.2. The van der Waals surface area contributed by atoms with Crippen LogP contribution in [0.2, 0.25) is 0 Å². The lowest BCUT2D eigenvalue weighted by Gasteiger charge is -2.25. The van der Waals surface area contributed by atoms with Gasteiger partial charge in [-0.05, 0) is 89.1 Å². The summed E-state index contributed by atoms with van der Waals surface area (Å²) in [5.74, 6) is -2.74. The molecule has 1 amide bonds. The lowest BCUT2D eigenvalue weighted by atomic mass is 9.89. The summed E-state index contributed by atoms with van der Waals surface area (Å²) in [5, 5.41) is 13.1. The zero-order chi connectivity index (χ0) is 26.1. The van der Waals surface area contributed by atoms with E-state index in [9.17, 15) is 14.7 Å². The first-order chi connectivity index (χ1) is 16.3. The fourth-order valence-electron chi connectivity index (χ4n) is 4.22. The van der Waals surface area contributed by atoms with Crippen molar-refractivity contribution in [1.82, 2.24) is 5.32 Å². The quantitative estimate of drug-likeness (QED) is 0.443. The van der Waals surface area contributed by atoms with Gasteiger partial charge in [0.05, 0.1) is 19.1 Å². The van der Waals surface area contributed by atoms with Crippen molar-refractivity contribution in [3.05, 3.63) is 52.1 Å². The minimum absolute atomic E-state index is 0.0122. The third-order valence-electron chi connectivity index (χ3n) is 5.72. The third kappa shape index (κ3) is 6.29. The van der Waals surface area contributed by atoms with Crippen molar-refractivity contribution in [3.8, 4) is 16.9 Å². The first-order valence-electron chi connectivity index (χ1n) is 11.8. The molecular formula is C27H33F2NO5. The van der Waals surface area contributed by atoms with E-state index >= 15 is 8.78 Å². The average molecular weight is 490 g/mol. The van der Waals surface area contributed by atoms with Crippen molar-refractivity contribution in [2.75, 3.05) is 6.61 Å². The molecule has 1 aliphatic rings. The molecule has 1 fully saturated rings. The minimum atomic E-state index is -1.38. The van der Waals surface area contributed by atoms with E-state index in [4.69, 9.17) is 9.47 Å². The molecule has 0 heterocycles. The zero-order valence-corrected chi connectivity index (χ0v) is 21.1. The van der Waals surface area contributed by atoms with E-state index < -0.39 is 47.3 Å². The Bertz CT molecular complexity index is 1110. The molecule has 0 aromatic heterocycles. The van der Waals surface area contributed by atoms with Gasteiger partial charge in [-0.1, -0.05) is 6.07 Å². The van der Waals surface area contributed by atoms with E-state index in [0.717, 1.165) is 18.4 Å². The number of halogens is 2. The number of amides is 1. The van der Waals surface area contributed by atoms with Crippen molar-refractivity contribution in [2.45, 2.75) is 78.4 Å². The second-order valence-electron chi connectivity index (χ2n) is 10.0. The highest BCUT2D eigenvalue weighted by Crippen LogP contribution is 2.47. The molecule has 6 nitrogen and oxygen atoms in total. The Kier molecular flexibility index (Phi) is 7.72. The number of hydrogen-bond acceptors (Lipinski definition) is 5. The minimum Gasteiger partial charge on any atom is -0.507 e. The summed E-state index contributed by atoms with van der Waals surface area (Å²) in [4.78, 5) is 24.9. The van der Waals surface area contributed by atoms with Gasteiger partial charge in [-0.15, -0.1) is 0 Å². The van der Waals surface area contributed by atoms with Crippen LogP contribution < -0.4 is 5.32 Å². The fraction of sp³-hybridized carbons (Fsp3) is 0.481. The van der Waals surface area contributed by atoms with Gasteiger partial charge in [0.1, 0.15) is 23.0 Å². The van der Waals surface area contributed by atoms with Crippen molar-refractivity contribution < 1.29 is 33.0 Å². The SMILES string of the molecule is CCOC(=O)C[C@H](NC(=O)OC(C)(C)C)c1c(F)c(-c2c(C)cc(C)cc2O)cc(C2CC2)c1F. The largest absolute Gasteiger partial charge is 0.507 e. The van der Waals surface area contributed by atoms with Crippen LogP contribution in [0.15, 0.2) is 18.2 Å². The van der Waals surface area contributed by atoms with Gasteiger partial charge in [0, 0.05) is 16.7 Å². The summed E-state index contributed by atoms with van der Waals surface area (Å²) in [6, 6.07) is 3.35. The first-order valence-corrected chi connectivity index (χ1v) is 11.8. The predicted molar refractivity (Wildman–Crippen MR) is 128 cm³/mol. The molecule has 35 heavy (non-hydrogen) atoms. The summed E-state index contributed by atoms with van der Waals surface area (Å²) in [6.07, 6.45) is 0.0659. The molecule has 1 atom stereocenters. The zero-order valence-electron chi connectivity index (χ0n) is 21.1. The Hall–Kier alpha value is -3.16. The second kappa shape index (κ2) is 10.2. The molecule has 190 valence electrons. The maximum Gasteiger partial charge on any atom is 0.408 e. The molecule has 0 spiro atoms. The van der Waals surface area contributed by atoms with Crippen LogP contribution in [0.25, 0.3) is 11.1 Å². The van der Waals surface area contributed by atoms with Crippen LogP contribution >= 0.6 is 0 Å². The molecule has 0 aliphatic heterocycles. The van der Waals surface area contributed by atoms with Gasteiger partial charge in [-0.25, -0.2) is 13.6 Å². The number of phenolic OH excluding ortho intramolecular Hbond substituents is 1. The molecular weight excluding hydrogens is 456 g/mol. The van der Waals surface area contributed by atoms with Crippen LogP contribution in [0.5, 0.6) is 5.75 Å². The van der Waals surface area contributed by atoms with Gasteiger partial charge in [-0.2, -0.15) is 0 Å². The predicted octanol–water partition coefficient (Wildman–Crippen LogP) is 6.35. The van der Waals surface area contributed by atoms with E-state index in [1.165, 1.54) is 12.1 Å². The number of aromatic hydroxyl groups is 1. The monoisotopic (exact) mass is 489 g/mol. The number of benzene rings is 2. The van der Waals surface area contributed by atoms with Gasteiger partial charge >= 0.3 is 12.1 Å². The topological polar surface area (TPSA) is 84.9 Å². The average Bonchev–Trinajstić information content (AvgIpc) is 3.52. The number of alkyl carbamates (subject to hydrolysis) is 1. The van der Waals surface area contributed by atoms with Crippen LogP contribution in [0.1, 0.15) is 81.2 Å². The number of ether oxygens (including phenoxy) is 2. The van der Waals surface area contributed by atoms with Gasteiger partial charge in [0.2, 0.25) is 0 Å². The van der Waals surface area contributed by atoms with Crippen molar-refractivity contribution in [2.24, 2.45) is 0 Å². The van der Waals surface area contributed by atoms with Gasteiger partial charge in [0.25, 0.3) is 0 Å². The van der Waals surface area contributed by atoms with Crippen LogP contribution in [-0.4, -0.2) is 29.4 Å². The number of aryl methyl sites for hydroxylation is 2. The summed E-state index contributed by atoms with van der Waals surface area (Å²) >= 11 is 0. The van der Waals surface area contributed by atoms with Crippen LogP contribution in [0.4, 0.5) is 13.6 Å². The van der Waals surface area contributed by atoms with E-state index in [1.807, 2.05) is 0 Å². The Morgan fingerprint density at radius 2 is 1.80 bits per heavy atom. The Balaban J connectivity index is 2.20. The van der Waals surface area contributed by atoms with Crippen LogP contribution in [0, 0.1) is 25.5 Å². The maximum absolute atomic E-state index is 16.1. The van der Waals surface area contributed by atoms with Gasteiger partial charge in [0.15, 0.2) is 0 Å². The smallest absolute Gasteiger partial charge is 0.408 e. The molecule has 8 heteroatoms. The molecule has 1 aliphatic carbocycles. The molecule has 0 saturated heterocycles. The van der Waals surface area contributed by atoms with Crippen molar-refractivity contribution in [3.63, 3.8) is 0 Å². The second-order valence-corrected chi connectivity index (χ2v) is 10.0. The Morgan fingerprint density at radius 1 is 1.14 bits per heavy atom. The highest BCUT2D eigenvalue weighted by atomic mass is 19.1. The number of hydrogen-bond donors (Lipinski definition) is 2. The number of carbonyl (C=O) groups is 2. The van der Waals surface area contributed by atoms with E-state index in [0.29, 0.717) is 5.56 Å². The maximum atomic E-state index is 16.1. The molecule has 0 radical (unpaired) electrons. The molecule has 0 unspecified atom stereocenters. The molecule has 2 aromatic rings. The number of esters is 1. The fourth-order valence-corrected chi connectivity index (χ4v) is 4.22. The van der Waals surface area contributed by atoms with E-state index in [-0.39, 0.29) is 35.0 Å². The number of nitrogens with one attached hydrogen (secondary N) is 1. The Labute approximate surface area is 204 Å². The molecule has 0 bridgehead atoms. The van der Waals surface area contributed by atoms with E-state index in [2.05, 4.69) is 5.32 Å². The molecule has 2 N–H and O–H groups in total. The Morgan fingerprint density at radius 3 is 2.34 bits per heavy atom. The lowest BCUT2D eigenvalue weighted by Crippen LogP contribution is -2.37. The highest BCUT2D eigenvalue weighted by molar-refractivity contribution is 5.78. The van der Waals surface area contributed by atoms with Crippen LogP contribution in [0.3, 0.4) is 0 Å². The van der Waals surface area contributed by atoms with Gasteiger partial charge < -0.3 is 19.9 Å². The number of rotatable bonds is 7.